The van der Waals surface area contributed by atoms with Crippen LogP contribution in [0.3, 0.4) is 0 Å². The zero-order valence-electron chi connectivity index (χ0n) is 17.8. The van der Waals surface area contributed by atoms with Crippen molar-refractivity contribution in [1.82, 2.24) is 5.32 Å². The molecule has 0 saturated carbocycles. The van der Waals surface area contributed by atoms with Gasteiger partial charge in [-0.25, -0.2) is 8.42 Å². The van der Waals surface area contributed by atoms with E-state index < -0.39 is 39.4 Å². The molecule has 0 bridgehead atoms. The molecule has 2 heterocycles. The zero-order valence-corrected chi connectivity index (χ0v) is 18.6. The molecule has 2 aromatic carbocycles. The summed E-state index contributed by atoms with van der Waals surface area (Å²) in [5.74, 6) is -0.874. The second kappa shape index (κ2) is 9.10. The van der Waals surface area contributed by atoms with E-state index in [0.29, 0.717) is 17.1 Å². The molecule has 33 heavy (non-hydrogen) atoms. The summed E-state index contributed by atoms with van der Waals surface area (Å²) in [4.78, 5) is 38.2. The molecule has 2 aliphatic rings. The van der Waals surface area contributed by atoms with Gasteiger partial charge in [-0.3, -0.25) is 14.4 Å². The van der Waals surface area contributed by atoms with Crippen molar-refractivity contribution in [3.05, 3.63) is 48.0 Å². The molecule has 0 fully saturated rings. The van der Waals surface area contributed by atoms with E-state index in [1.165, 1.54) is 12.1 Å². The number of amides is 2. The van der Waals surface area contributed by atoms with E-state index in [4.69, 9.17) is 14.2 Å². The highest BCUT2D eigenvalue weighted by atomic mass is 32.2. The summed E-state index contributed by atoms with van der Waals surface area (Å²) < 4.78 is 42.6. The van der Waals surface area contributed by atoms with E-state index in [2.05, 4.69) is 5.32 Å². The molecule has 0 spiro atoms. The Morgan fingerprint density at radius 2 is 1.91 bits per heavy atom. The zero-order chi connectivity index (χ0) is 23.6. The van der Waals surface area contributed by atoms with Gasteiger partial charge in [0.1, 0.15) is 13.1 Å². The van der Waals surface area contributed by atoms with Crippen LogP contribution in [0.5, 0.6) is 11.5 Å². The smallest absolute Gasteiger partial charge is 0.325 e. The highest BCUT2D eigenvalue weighted by molar-refractivity contribution is 7.92. The standard InChI is InChI=1S/C22H22N2O8S/c1-2-30-22(27)11-23-20(25)12-24-15-5-3-4-6-18(15)33(28,29)19(10-21(24)26)14-7-8-16-17(9-14)32-13-31-16/h3-9,19H,2,10-13H2,1H3,(H,23,25). The second-order valence-corrected chi connectivity index (χ2v) is 9.48. The molecule has 0 radical (unpaired) electrons. The van der Waals surface area contributed by atoms with Crippen LogP contribution in [0.2, 0.25) is 0 Å². The number of hydrogen-bond donors (Lipinski definition) is 1. The Hall–Kier alpha value is -3.60. The quantitative estimate of drug-likeness (QED) is 0.622. The summed E-state index contributed by atoms with van der Waals surface area (Å²) in [7, 11) is -3.99. The van der Waals surface area contributed by atoms with Crippen LogP contribution in [0, 0.1) is 0 Å². The van der Waals surface area contributed by atoms with Crippen molar-refractivity contribution in [2.24, 2.45) is 0 Å². The average molecular weight is 474 g/mol. The fourth-order valence-electron chi connectivity index (χ4n) is 3.75. The van der Waals surface area contributed by atoms with Crippen LogP contribution >= 0.6 is 0 Å². The number of hydrogen-bond acceptors (Lipinski definition) is 8. The number of nitrogens with zero attached hydrogens (tertiary/aromatic N) is 1. The molecule has 2 aromatic rings. The lowest BCUT2D eigenvalue weighted by atomic mass is 10.1. The minimum atomic E-state index is -3.99. The normalized spacial score (nSPS) is 18.3. The van der Waals surface area contributed by atoms with E-state index in [0.717, 1.165) is 4.90 Å². The third kappa shape index (κ3) is 4.49. The van der Waals surface area contributed by atoms with Crippen LogP contribution in [-0.2, 0) is 29.0 Å². The number of sulfone groups is 1. The second-order valence-electron chi connectivity index (χ2n) is 7.38. The lowest BCUT2D eigenvalue weighted by molar-refractivity contribution is -0.143. The molecule has 174 valence electrons. The summed E-state index contributed by atoms with van der Waals surface area (Å²) >= 11 is 0. The van der Waals surface area contributed by atoms with Gasteiger partial charge in [-0.2, -0.15) is 0 Å². The maximum absolute atomic E-state index is 13.6. The lowest BCUT2D eigenvalue weighted by Gasteiger charge is -2.21. The van der Waals surface area contributed by atoms with Gasteiger partial charge in [-0.1, -0.05) is 18.2 Å². The molecule has 1 unspecified atom stereocenters. The number of anilines is 1. The SMILES string of the molecule is CCOC(=O)CNC(=O)CN1C(=O)CC(c2ccc3c(c2)OCO3)S(=O)(=O)c2ccccc21. The number of benzene rings is 2. The predicted octanol–water partition coefficient (Wildman–Crippen LogP) is 1.35. The van der Waals surface area contributed by atoms with Crippen LogP contribution in [0.25, 0.3) is 0 Å². The highest BCUT2D eigenvalue weighted by Crippen LogP contribution is 2.43. The molecule has 2 aliphatic heterocycles. The molecule has 10 nitrogen and oxygen atoms in total. The van der Waals surface area contributed by atoms with Crippen molar-refractivity contribution in [1.29, 1.82) is 0 Å². The van der Waals surface area contributed by atoms with Crippen LogP contribution in [-0.4, -0.2) is 52.7 Å². The fraction of sp³-hybridized carbons (Fsp3) is 0.318. The molecule has 2 amide bonds. The fourth-order valence-corrected chi connectivity index (χ4v) is 5.66. The third-order valence-electron chi connectivity index (χ3n) is 5.30. The summed E-state index contributed by atoms with van der Waals surface area (Å²) in [6.07, 6.45) is -0.373. The first-order valence-corrected chi connectivity index (χ1v) is 11.8. The van der Waals surface area contributed by atoms with Crippen molar-refractivity contribution in [2.75, 3.05) is 31.4 Å². The van der Waals surface area contributed by atoms with E-state index in [-0.39, 0.29) is 36.9 Å². The first-order valence-electron chi connectivity index (χ1n) is 10.3. The van der Waals surface area contributed by atoms with Gasteiger partial charge in [-0.15, -0.1) is 0 Å². The molecule has 11 heteroatoms. The number of carbonyl (C=O) groups excluding carboxylic acids is 3. The molecular formula is C22H22N2O8S. The lowest BCUT2D eigenvalue weighted by Crippen LogP contribution is -2.42. The van der Waals surface area contributed by atoms with E-state index >= 15 is 0 Å². The maximum Gasteiger partial charge on any atom is 0.325 e. The summed E-state index contributed by atoms with van der Waals surface area (Å²) in [6.45, 7) is 1.05. The maximum atomic E-state index is 13.6. The number of fused-ring (bicyclic) bond motifs is 2. The van der Waals surface area contributed by atoms with E-state index in [1.807, 2.05) is 0 Å². The molecule has 4 rings (SSSR count). The van der Waals surface area contributed by atoms with Crippen LogP contribution in [0.1, 0.15) is 24.2 Å². The monoisotopic (exact) mass is 474 g/mol. The van der Waals surface area contributed by atoms with Gasteiger partial charge in [-0.05, 0) is 36.8 Å². The first-order chi connectivity index (χ1) is 15.8. The van der Waals surface area contributed by atoms with E-state index in [9.17, 15) is 22.8 Å². The van der Waals surface area contributed by atoms with Gasteiger partial charge >= 0.3 is 5.97 Å². The number of esters is 1. The van der Waals surface area contributed by atoms with Gasteiger partial charge < -0.3 is 24.4 Å². The van der Waals surface area contributed by atoms with Crippen molar-refractivity contribution < 1.29 is 37.0 Å². The van der Waals surface area contributed by atoms with Gasteiger partial charge in [0.2, 0.25) is 18.6 Å². The van der Waals surface area contributed by atoms with Gasteiger partial charge in [0, 0.05) is 6.42 Å². The van der Waals surface area contributed by atoms with Crippen LogP contribution in [0.4, 0.5) is 5.69 Å². The minimum Gasteiger partial charge on any atom is -0.465 e. The Morgan fingerprint density at radius 1 is 1.15 bits per heavy atom. The topological polar surface area (TPSA) is 128 Å². The van der Waals surface area contributed by atoms with Crippen LogP contribution < -0.4 is 19.7 Å². The number of nitrogens with one attached hydrogen (secondary N) is 1. The summed E-state index contributed by atoms with van der Waals surface area (Å²) in [5.41, 5.74) is 0.494. The number of ether oxygens (including phenoxy) is 3. The van der Waals surface area contributed by atoms with Crippen molar-refractivity contribution >= 4 is 33.3 Å². The Labute approximate surface area is 190 Å². The summed E-state index contributed by atoms with van der Waals surface area (Å²) in [6, 6.07) is 10.8. The Morgan fingerprint density at radius 3 is 2.70 bits per heavy atom. The highest BCUT2D eigenvalue weighted by Gasteiger charge is 2.40. The number of rotatable bonds is 6. The molecule has 0 aromatic heterocycles. The number of carbonyl (C=O) groups is 3. The molecular weight excluding hydrogens is 452 g/mol. The number of para-hydroxylation sites is 1. The molecule has 1 atom stereocenters. The summed E-state index contributed by atoms with van der Waals surface area (Å²) in [5, 5.41) is 1.22. The van der Waals surface area contributed by atoms with E-state index in [1.54, 1.807) is 37.3 Å². The van der Waals surface area contributed by atoms with Gasteiger partial charge in [0.25, 0.3) is 0 Å². The van der Waals surface area contributed by atoms with Gasteiger partial charge in [0.15, 0.2) is 21.3 Å². The molecule has 0 saturated heterocycles. The van der Waals surface area contributed by atoms with Crippen molar-refractivity contribution in [3.63, 3.8) is 0 Å². The minimum absolute atomic E-state index is 0.0344. The molecule has 0 aliphatic carbocycles. The van der Waals surface area contributed by atoms with Crippen LogP contribution in [0.15, 0.2) is 47.4 Å². The van der Waals surface area contributed by atoms with Gasteiger partial charge in [0.05, 0.1) is 22.4 Å². The average Bonchev–Trinajstić information content (AvgIpc) is 3.24. The Balaban J connectivity index is 1.65. The molecule has 1 N–H and O–H groups in total. The Kier molecular flexibility index (Phi) is 6.23. The van der Waals surface area contributed by atoms with Crippen molar-refractivity contribution in [2.45, 2.75) is 23.5 Å². The predicted molar refractivity (Wildman–Crippen MR) is 116 cm³/mol. The first kappa shape index (κ1) is 22.6. The van der Waals surface area contributed by atoms with Crippen molar-refractivity contribution in [3.8, 4) is 11.5 Å². The Bertz CT molecular complexity index is 1210. The third-order valence-corrected chi connectivity index (χ3v) is 7.45. The largest absolute Gasteiger partial charge is 0.465 e.